The molecule has 1 aliphatic carbocycles. The average molecular weight is 277 g/mol. The van der Waals surface area contributed by atoms with E-state index >= 15 is 0 Å². The number of likely N-dealkylation sites (N-methyl/N-ethyl adjacent to an activating group) is 1. The Morgan fingerprint density at radius 1 is 1.05 bits per heavy atom. The van der Waals surface area contributed by atoms with Crippen LogP contribution in [0.15, 0.2) is 24.3 Å². The van der Waals surface area contributed by atoms with Gasteiger partial charge >= 0.3 is 0 Å². The molecule has 3 heteroatoms. The van der Waals surface area contributed by atoms with E-state index in [2.05, 4.69) is 4.90 Å². The standard InChI is InChI=1S/C17H27NO2/c1-18(2)13-16(14-7-9-15(19)10-8-14)17(20)11-5-3-4-6-12-17/h7-10,16,19-20H,3-6,11-13H2,1-2H3/t16-/m0/s1. The maximum atomic E-state index is 11.2. The van der Waals surface area contributed by atoms with Crippen molar-refractivity contribution in [1.82, 2.24) is 4.90 Å². The van der Waals surface area contributed by atoms with Crippen LogP contribution in [0.5, 0.6) is 5.75 Å². The fourth-order valence-electron chi connectivity index (χ4n) is 3.35. The molecule has 0 aliphatic heterocycles. The van der Waals surface area contributed by atoms with Crippen LogP contribution < -0.4 is 0 Å². The molecule has 20 heavy (non-hydrogen) atoms. The van der Waals surface area contributed by atoms with Crippen molar-refractivity contribution < 1.29 is 10.2 Å². The van der Waals surface area contributed by atoms with Crippen LogP contribution in [0.2, 0.25) is 0 Å². The molecule has 1 atom stereocenters. The van der Waals surface area contributed by atoms with Gasteiger partial charge in [0.2, 0.25) is 0 Å². The van der Waals surface area contributed by atoms with E-state index in [1.807, 2.05) is 26.2 Å². The molecule has 0 unspecified atom stereocenters. The van der Waals surface area contributed by atoms with Gasteiger partial charge in [0.05, 0.1) is 5.60 Å². The quantitative estimate of drug-likeness (QED) is 0.831. The largest absolute Gasteiger partial charge is 0.508 e. The number of aliphatic hydroxyl groups is 1. The first-order valence-electron chi connectivity index (χ1n) is 7.67. The number of hydrogen-bond donors (Lipinski definition) is 2. The zero-order valence-corrected chi connectivity index (χ0v) is 12.7. The fourth-order valence-corrected chi connectivity index (χ4v) is 3.35. The van der Waals surface area contributed by atoms with Crippen molar-refractivity contribution in [3.8, 4) is 5.75 Å². The second-order valence-electron chi connectivity index (χ2n) is 6.42. The van der Waals surface area contributed by atoms with Crippen LogP contribution in [0.25, 0.3) is 0 Å². The molecule has 0 radical (unpaired) electrons. The Bertz CT molecular complexity index is 406. The fraction of sp³-hybridized carbons (Fsp3) is 0.647. The SMILES string of the molecule is CN(C)C[C@@H](c1ccc(O)cc1)C1(O)CCCCCC1. The van der Waals surface area contributed by atoms with Crippen molar-refractivity contribution in [3.63, 3.8) is 0 Å². The highest BCUT2D eigenvalue weighted by Crippen LogP contribution is 2.39. The van der Waals surface area contributed by atoms with E-state index < -0.39 is 5.60 Å². The van der Waals surface area contributed by atoms with E-state index in [-0.39, 0.29) is 11.7 Å². The minimum absolute atomic E-state index is 0.108. The van der Waals surface area contributed by atoms with Crippen LogP contribution in [-0.4, -0.2) is 41.4 Å². The van der Waals surface area contributed by atoms with Crippen molar-refractivity contribution in [2.45, 2.75) is 50.0 Å². The topological polar surface area (TPSA) is 43.7 Å². The van der Waals surface area contributed by atoms with Crippen LogP contribution >= 0.6 is 0 Å². The molecule has 1 saturated carbocycles. The van der Waals surface area contributed by atoms with Gasteiger partial charge in [0.1, 0.15) is 5.75 Å². The molecule has 0 aromatic heterocycles. The molecule has 0 saturated heterocycles. The number of benzene rings is 1. The summed E-state index contributed by atoms with van der Waals surface area (Å²) in [5.74, 6) is 0.390. The molecule has 112 valence electrons. The third-order valence-corrected chi connectivity index (χ3v) is 4.46. The second kappa shape index (κ2) is 6.59. The Kier molecular flexibility index (Phi) is 5.06. The summed E-state index contributed by atoms with van der Waals surface area (Å²) in [7, 11) is 4.10. The van der Waals surface area contributed by atoms with Gasteiger partial charge in [-0.2, -0.15) is 0 Å². The van der Waals surface area contributed by atoms with Crippen molar-refractivity contribution in [3.05, 3.63) is 29.8 Å². The molecule has 2 N–H and O–H groups in total. The molecular weight excluding hydrogens is 250 g/mol. The first-order chi connectivity index (χ1) is 9.51. The zero-order chi connectivity index (χ0) is 14.6. The van der Waals surface area contributed by atoms with E-state index in [1.165, 1.54) is 12.8 Å². The summed E-state index contributed by atoms with van der Waals surface area (Å²) >= 11 is 0. The van der Waals surface area contributed by atoms with Gasteiger partial charge in [-0.15, -0.1) is 0 Å². The first-order valence-corrected chi connectivity index (χ1v) is 7.67. The minimum atomic E-state index is -0.613. The summed E-state index contributed by atoms with van der Waals surface area (Å²) in [5.41, 5.74) is 0.512. The van der Waals surface area contributed by atoms with Gasteiger partial charge in [0, 0.05) is 12.5 Å². The normalized spacial score (nSPS) is 20.6. The molecule has 1 aliphatic rings. The van der Waals surface area contributed by atoms with Gasteiger partial charge in [0.15, 0.2) is 0 Å². The Balaban J connectivity index is 2.27. The molecule has 1 aromatic rings. The highest BCUT2D eigenvalue weighted by atomic mass is 16.3. The van der Waals surface area contributed by atoms with Crippen molar-refractivity contribution >= 4 is 0 Å². The Morgan fingerprint density at radius 3 is 2.10 bits per heavy atom. The second-order valence-corrected chi connectivity index (χ2v) is 6.42. The summed E-state index contributed by atoms with van der Waals surface area (Å²) in [6.45, 7) is 0.835. The molecule has 0 bridgehead atoms. The van der Waals surface area contributed by atoms with Gasteiger partial charge in [-0.25, -0.2) is 0 Å². The van der Waals surface area contributed by atoms with Crippen LogP contribution in [0.3, 0.4) is 0 Å². The number of rotatable bonds is 4. The number of phenolic OH excluding ortho intramolecular Hbond substituents is 1. The average Bonchev–Trinajstić information content (AvgIpc) is 2.63. The molecule has 0 spiro atoms. The lowest BCUT2D eigenvalue weighted by Gasteiger charge is -2.37. The zero-order valence-electron chi connectivity index (χ0n) is 12.7. The lowest BCUT2D eigenvalue weighted by Crippen LogP contribution is -2.41. The van der Waals surface area contributed by atoms with E-state index in [0.717, 1.165) is 37.8 Å². The third-order valence-electron chi connectivity index (χ3n) is 4.46. The van der Waals surface area contributed by atoms with Gasteiger partial charge in [-0.3, -0.25) is 0 Å². The van der Waals surface area contributed by atoms with E-state index in [4.69, 9.17) is 0 Å². The lowest BCUT2D eigenvalue weighted by atomic mass is 9.77. The van der Waals surface area contributed by atoms with E-state index in [9.17, 15) is 10.2 Å². The minimum Gasteiger partial charge on any atom is -0.508 e. The Hall–Kier alpha value is -1.06. The van der Waals surface area contributed by atoms with Gasteiger partial charge in [-0.05, 0) is 44.6 Å². The summed E-state index contributed by atoms with van der Waals surface area (Å²) in [5, 5.41) is 20.7. The monoisotopic (exact) mass is 277 g/mol. The predicted octanol–water partition coefficient (Wildman–Crippen LogP) is 3.12. The lowest BCUT2D eigenvalue weighted by molar-refractivity contribution is -0.00975. The summed E-state index contributed by atoms with van der Waals surface area (Å²) < 4.78 is 0. The van der Waals surface area contributed by atoms with Gasteiger partial charge in [-0.1, -0.05) is 37.8 Å². The van der Waals surface area contributed by atoms with Gasteiger partial charge in [0.25, 0.3) is 0 Å². The smallest absolute Gasteiger partial charge is 0.115 e. The highest BCUT2D eigenvalue weighted by Gasteiger charge is 2.37. The maximum absolute atomic E-state index is 11.2. The van der Waals surface area contributed by atoms with E-state index in [0.29, 0.717) is 0 Å². The number of phenols is 1. The summed E-state index contributed by atoms with van der Waals surface area (Å²) in [6.07, 6.45) is 6.44. The summed E-state index contributed by atoms with van der Waals surface area (Å²) in [6, 6.07) is 7.34. The van der Waals surface area contributed by atoms with Crippen molar-refractivity contribution in [2.24, 2.45) is 0 Å². The first kappa shape index (κ1) is 15.3. The maximum Gasteiger partial charge on any atom is 0.115 e. The number of aromatic hydroxyl groups is 1. The Labute approximate surface area is 122 Å². The Morgan fingerprint density at radius 2 is 1.60 bits per heavy atom. The van der Waals surface area contributed by atoms with Crippen molar-refractivity contribution in [1.29, 1.82) is 0 Å². The molecule has 1 aromatic carbocycles. The molecule has 2 rings (SSSR count). The molecule has 3 nitrogen and oxygen atoms in total. The van der Waals surface area contributed by atoms with E-state index in [1.54, 1.807) is 12.1 Å². The van der Waals surface area contributed by atoms with Crippen molar-refractivity contribution in [2.75, 3.05) is 20.6 Å². The van der Waals surface area contributed by atoms with Crippen LogP contribution in [0.1, 0.15) is 50.0 Å². The summed E-state index contributed by atoms with van der Waals surface area (Å²) in [4.78, 5) is 2.14. The molecule has 1 fully saturated rings. The van der Waals surface area contributed by atoms with Crippen LogP contribution in [0, 0.1) is 0 Å². The predicted molar refractivity (Wildman–Crippen MR) is 82.1 cm³/mol. The van der Waals surface area contributed by atoms with Crippen LogP contribution in [-0.2, 0) is 0 Å². The molecule has 0 amide bonds. The number of hydrogen-bond acceptors (Lipinski definition) is 3. The molecule has 0 heterocycles. The third kappa shape index (κ3) is 3.74. The molecular formula is C17H27NO2. The highest BCUT2D eigenvalue weighted by molar-refractivity contribution is 5.30. The van der Waals surface area contributed by atoms with Gasteiger partial charge < -0.3 is 15.1 Å². The number of nitrogens with zero attached hydrogens (tertiary/aromatic N) is 1. The van der Waals surface area contributed by atoms with Crippen LogP contribution in [0.4, 0.5) is 0 Å².